The fourth-order valence-electron chi connectivity index (χ4n) is 1.41. The van der Waals surface area contributed by atoms with Gasteiger partial charge in [0.25, 0.3) is 0 Å². The molecular weight excluding hydrogens is 289 g/mol. The number of benzene rings is 1. The van der Waals surface area contributed by atoms with Crippen LogP contribution in [0.25, 0.3) is 0 Å². The zero-order valence-corrected chi connectivity index (χ0v) is 10.8. The summed E-state index contributed by atoms with van der Waals surface area (Å²) in [5, 5.41) is 2.94. The van der Waals surface area contributed by atoms with Gasteiger partial charge in [0.1, 0.15) is 18.2 Å². The van der Waals surface area contributed by atoms with E-state index >= 15 is 0 Å². The molecule has 0 spiro atoms. The van der Waals surface area contributed by atoms with Gasteiger partial charge in [-0.3, -0.25) is 0 Å². The molecule has 1 aromatic carbocycles. The van der Waals surface area contributed by atoms with E-state index in [2.05, 4.69) is 21.2 Å². The Bertz CT molecular complexity index is 499. The Morgan fingerprint density at radius 1 is 1.41 bits per heavy atom. The molecule has 3 nitrogen and oxygen atoms in total. The summed E-state index contributed by atoms with van der Waals surface area (Å²) in [7, 11) is 1.75. The highest BCUT2D eigenvalue weighted by atomic mass is 79.9. The maximum Gasteiger partial charge on any atom is 0.160 e. The number of rotatable bonds is 4. The third kappa shape index (κ3) is 2.61. The summed E-state index contributed by atoms with van der Waals surface area (Å²) in [6.45, 7) is 0.254. The van der Waals surface area contributed by atoms with Crippen LogP contribution in [0.5, 0.6) is 5.75 Å². The highest BCUT2D eigenvalue weighted by Gasteiger charge is 2.12. The summed E-state index contributed by atoms with van der Waals surface area (Å²) >= 11 is 3.17. The second-order valence-corrected chi connectivity index (χ2v) is 4.15. The number of nitrogens with one attached hydrogen (secondary N) is 1. The van der Waals surface area contributed by atoms with Gasteiger partial charge in [0.05, 0.1) is 16.4 Å². The lowest BCUT2D eigenvalue weighted by atomic mass is 10.3. The molecule has 0 atom stereocenters. The molecule has 0 fully saturated rings. The average Bonchev–Trinajstić information content (AvgIpc) is 2.84. The van der Waals surface area contributed by atoms with Gasteiger partial charge in [0.2, 0.25) is 0 Å². The fraction of sp³-hybridized carbons (Fsp3) is 0.167. The lowest BCUT2D eigenvalue weighted by Crippen LogP contribution is -2.00. The van der Waals surface area contributed by atoms with E-state index in [0.717, 1.165) is 0 Å². The van der Waals surface area contributed by atoms with Crippen LogP contribution in [0.4, 0.5) is 10.1 Å². The van der Waals surface area contributed by atoms with Gasteiger partial charge in [-0.2, -0.15) is 0 Å². The molecule has 0 aliphatic heterocycles. The van der Waals surface area contributed by atoms with Crippen LogP contribution in [0.2, 0.25) is 0 Å². The molecule has 0 saturated carbocycles. The van der Waals surface area contributed by atoms with Crippen molar-refractivity contribution < 1.29 is 13.5 Å². The van der Waals surface area contributed by atoms with Crippen molar-refractivity contribution in [2.24, 2.45) is 0 Å². The van der Waals surface area contributed by atoms with Crippen molar-refractivity contribution in [3.8, 4) is 5.75 Å². The highest BCUT2D eigenvalue weighted by Crippen LogP contribution is 2.35. The molecule has 2 aromatic rings. The first-order chi connectivity index (χ1) is 8.22. The van der Waals surface area contributed by atoms with Crippen molar-refractivity contribution in [2.75, 3.05) is 12.4 Å². The molecule has 0 aliphatic carbocycles. The molecule has 0 amide bonds. The summed E-state index contributed by atoms with van der Waals surface area (Å²) < 4.78 is 24.4. The number of hydrogen-bond acceptors (Lipinski definition) is 3. The van der Waals surface area contributed by atoms with Gasteiger partial charge in [-0.1, -0.05) is 0 Å². The third-order valence-electron chi connectivity index (χ3n) is 2.26. The minimum absolute atomic E-state index is 0.254. The Balaban J connectivity index is 2.21. The molecule has 0 bridgehead atoms. The quantitative estimate of drug-likeness (QED) is 0.932. The molecule has 1 N–H and O–H groups in total. The molecule has 1 aromatic heterocycles. The maximum atomic E-state index is 13.4. The number of hydrogen-bond donors (Lipinski definition) is 1. The third-order valence-corrected chi connectivity index (χ3v) is 3.00. The van der Waals surface area contributed by atoms with Crippen LogP contribution in [0, 0.1) is 5.82 Å². The van der Waals surface area contributed by atoms with Gasteiger partial charge in [-0.25, -0.2) is 4.39 Å². The van der Waals surface area contributed by atoms with Gasteiger partial charge in [-0.15, -0.1) is 0 Å². The first kappa shape index (κ1) is 12.0. The molecule has 1 heterocycles. The van der Waals surface area contributed by atoms with Crippen LogP contribution in [0.3, 0.4) is 0 Å². The second-order valence-electron chi connectivity index (χ2n) is 3.36. The van der Waals surface area contributed by atoms with E-state index in [9.17, 15) is 4.39 Å². The minimum atomic E-state index is -0.363. The number of halogens is 2. The Morgan fingerprint density at radius 2 is 2.24 bits per heavy atom. The summed E-state index contributed by atoms with van der Waals surface area (Å²) in [6.07, 6.45) is 1.57. The molecule has 17 heavy (non-hydrogen) atoms. The average molecular weight is 300 g/mol. The summed E-state index contributed by atoms with van der Waals surface area (Å²) in [4.78, 5) is 0. The van der Waals surface area contributed by atoms with Crippen LogP contribution in [0.1, 0.15) is 5.76 Å². The van der Waals surface area contributed by atoms with Crippen molar-refractivity contribution in [3.63, 3.8) is 0 Å². The van der Waals surface area contributed by atoms with Gasteiger partial charge < -0.3 is 14.5 Å². The standard InChI is InChI=1S/C12H11BrFNO2/c1-15-10-5-4-9(14)11(13)12(10)17-7-8-3-2-6-16-8/h2-6,15H,7H2,1H3. The smallest absolute Gasteiger partial charge is 0.160 e. The lowest BCUT2D eigenvalue weighted by molar-refractivity contribution is 0.268. The van der Waals surface area contributed by atoms with Gasteiger partial charge in [0, 0.05) is 7.05 Å². The van der Waals surface area contributed by atoms with E-state index in [-0.39, 0.29) is 12.4 Å². The minimum Gasteiger partial charge on any atom is -0.482 e. The lowest BCUT2D eigenvalue weighted by Gasteiger charge is -2.12. The van der Waals surface area contributed by atoms with Gasteiger partial charge >= 0.3 is 0 Å². The molecule has 2 rings (SSSR count). The number of ether oxygens (including phenoxy) is 1. The Labute approximate surface area is 107 Å². The van der Waals surface area contributed by atoms with Crippen LogP contribution >= 0.6 is 15.9 Å². The van der Waals surface area contributed by atoms with Crippen LogP contribution in [-0.4, -0.2) is 7.05 Å². The van der Waals surface area contributed by atoms with Crippen LogP contribution < -0.4 is 10.1 Å². The summed E-state index contributed by atoms with van der Waals surface area (Å²) in [5.74, 6) is 0.755. The van der Waals surface area contributed by atoms with Crippen molar-refractivity contribution in [2.45, 2.75) is 6.61 Å². The van der Waals surface area contributed by atoms with E-state index < -0.39 is 0 Å². The van der Waals surface area contributed by atoms with E-state index in [0.29, 0.717) is 21.7 Å². The first-order valence-electron chi connectivity index (χ1n) is 5.03. The largest absolute Gasteiger partial charge is 0.482 e. The van der Waals surface area contributed by atoms with Crippen molar-refractivity contribution >= 4 is 21.6 Å². The Morgan fingerprint density at radius 3 is 2.88 bits per heavy atom. The fourth-order valence-corrected chi connectivity index (χ4v) is 1.87. The Kier molecular flexibility index (Phi) is 3.68. The molecule has 0 radical (unpaired) electrons. The van der Waals surface area contributed by atoms with Crippen molar-refractivity contribution in [1.29, 1.82) is 0 Å². The van der Waals surface area contributed by atoms with Crippen LogP contribution in [-0.2, 0) is 6.61 Å². The van der Waals surface area contributed by atoms with Crippen molar-refractivity contribution in [3.05, 3.63) is 46.6 Å². The van der Waals surface area contributed by atoms with Gasteiger partial charge in [0.15, 0.2) is 5.75 Å². The molecule has 0 aliphatic rings. The molecule has 5 heteroatoms. The molecular formula is C12H11BrFNO2. The Hall–Kier alpha value is -1.49. The maximum absolute atomic E-state index is 13.4. The molecule has 90 valence electrons. The predicted octanol–water partition coefficient (Wildman–Crippen LogP) is 3.80. The number of anilines is 1. The van der Waals surface area contributed by atoms with E-state index in [4.69, 9.17) is 9.15 Å². The van der Waals surface area contributed by atoms with E-state index in [1.54, 1.807) is 31.5 Å². The monoisotopic (exact) mass is 299 g/mol. The SMILES string of the molecule is CNc1ccc(F)c(Br)c1OCc1ccco1. The second kappa shape index (κ2) is 5.23. The first-order valence-corrected chi connectivity index (χ1v) is 5.82. The van der Waals surface area contributed by atoms with E-state index in [1.807, 2.05) is 0 Å². The predicted molar refractivity (Wildman–Crippen MR) is 66.7 cm³/mol. The van der Waals surface area contributed by atoms with E-state index in [1.165, 1.54) is 6.07 Å². The highest BCUT2D eigenvalue weighted by molar-refractivity contribution is 9.10. The number of furan rings is 1. The zero-order chi connectivity index (χ0) is 12.3. The topological polar surface area (TPSA) is 34.4 Å². The molecule has 0 unspecified atom stereocenters. The van der Waals surface area contributed by atoms with Crippen molar-refractivity contribution in [1.82, 2.24) is 0 Å². The van der Waals surface area contributed by atoms with Gasteiger partial charge in [-0.05, 0) is 40.2 Å². The summed E-state index contributed by atoms with van der Waals surface area (Å²) in [5.41, 5.74) is 0.713. The zero-order valence-electron chi connectivity index (χ0n) is 9.17. The van der Waals surface area contributed by atoms with Crippen LogP contribution in [0.15, 0.2) is 39.4 Å². The summed E-state index contributed by atoms with van der Waals surface area (Å²) in [6, 6.07) is 6.57. The normalized spacial score (nSPS) is 10.3. The molecule has 0 saturated heterocycles.